The summed E-state index contributed by atoms with van der Waals surface area (Å²) in [6, 6.07) is 0. The molecule has 0 aromatic carbocycles. The van der Waals surface area contributed by atoms with Crippen molar-refractivity contribution in [3.05, 3.63) is 11.3 Å². The Kier molecular flexibility index (Phi) is 3.36. The summed E-state index contributed by atoms with van der Waals surface area (Å²) in [5, 5.41) is 11.1. The molecule has 21 heavy (non-hydrogen) atoms. The first kappa shape index (κ1) is 15.8. The van der Waals surface area contributed by atoms with Crippen LogP contribution in [0.1, 0.15) is 40.5 Å². The van der Waals surface area contributed by atoms with E-state index in [1.807, 2.05) is 32.6 Å². The van der Waals surface area contributed by atoms with Gasteiger partial charge in [0, 0.05) is 23.9 Å². The van der Waals surface area contributed by atoms with Crippen LogP contribution >= 0.6 is 0 Å². The van der Waals surface area contributed by atoms with Gasteiger partial charge in [0.2, 0.25) is 0 Å². The Labute approximate surface area is 124 Å². The third-order valence-corrected chi connectivity index (χ3v) is 4.35. The first-order chi connectivity index (χ1) is 9.50. The van der Waals surface area contributed by atoms with E-state index in [2.05, 4.69) is 0 Å². The van der Waals surface area contributed by atoms with Crippen LogP contribution in [0.3, 0.4) is 0 Å². The van der Waals surface area contributed by atoms with Gasteiger partial charge in [0.25, 0.3) is 0 Å². The Morgan fingerprint density at radius 3 is 1.81 bits per heavy atom. The lowest BCUT2D eigenvalue weighted by molar-refractivity contribution is -0.164. The van der Waals surface area contributed by atoms with Crippen molar-refractivity contribution < 1.29 is 24.2 Å². The molecule has 2 bridgehead atoms. The van der Waals surface area contributed by atoms with Crippen LogP contribution in [0.25, 0.3) is 0 Å². The fraction of sp³-hybridized carbons (Fsp3) is 0.733. The zero-order valence-corrected chi connectivity index (χ0v) is 13.4. The zero-order valence-electron chi connectivity index (χ0n) is 13.4. The number of aliphatic hydroxyl groups is 1. The van der Waals surface area contributed by atoms with E-state index < -0.39 is 28.6 Å². The minimum Gasteiger partial charge on any atom is -0.466 e. The number of hydrogen-bond acceptors (Lipinski definition) is 6. The molecule has 0 aromatic heterocycles. The fourth-order valence-electron chi connectivity index (χ4n) is 4.26. The van der Waals surface area contributed by atoms with Gasteiger partial charge in [-0.2, -0.15) is 0 Å². The first-order valence-corrected chi connectivity index (χ1v) is 6.94. The number of methoxy groups -OCH3 is 2. The maximum absolute atomic E-state index is 12.3. The summed E-state index contributed by atoms with van der Waals surface area (Å²) in [5.74, 6) is -1.32. The van der Waals surface area contributed by atoms with Crippen molar-refractivity contribution >= 4 is 11.9 Å². The average Bonchev–Trinajstić information content (AvgIpc) is 2.32. The minimum absolute atomic E-state index is 0.00972. The van der Waals surface area contributed by atoms with E-state index in [0.717, 1.165) is 0 Å². The lowest BCUT2D eigenvalue weighted by atomic mass is 9.63. The summed E-state index contributed by atoms with van der Waals surface area (Å²) < 4.78 is 9.62. The van der Waals surface area contributed by atoms with Gasteiger partial charge in [0.1, 0.15) is 11.3 Å². The Morgan fingerprint density at radius 1 is 1.00 bits per heavy atom. The number of fused-ring (bicyclic) bond motifs is 2. The van der Waals surface area contributed by atoms with E-state index in [9.17, 15) is 14.7 Å². The Balaban J connectivity index is 2.78. The van der Waals surface area contributed by atoms with Gasteiger partial charge in [-0.15, -0.1) is 0 Å². The third-order valence-electron chi connectivity index (χ3n) is 4.35. The molecule has 1 saturated heterocycles. The largest absolute Gasteiger partial charge is 0.466 e. The molecule has 118 valence electrons. The SMILES string of the molecule is COC(=O)C1=C(C(=O)OC)C2(O)CC(C)(C)N1C(C)(C)C2. The lowest BCUT2D eigenvalue weighted by Gasteiger charge is -2.63. The van der Waals surface area contributed by atoms with E-state index in [0.29, 0.717) is 12.8 Å². The van der Waals surface area contributed by atoms with Crippen molar-refractivity contribution in [2.45, 2.75) is 57.2 Å². The Hall–Kier alpha value is -1.56. The number of hydrogen-bond donors (Lipinski definition) is 1. The quantitative estimate of drug-likeness (QED) is 0.766. The van der Waals surface area contributed by atoms with E-state index in [-0.39, 0.29) is 11.3 Å². The molecule has 0 saturated carbocycles. The molecule has 0 aromatic rings. The normalized spacial score (nSPS) is 24.8. The molecule has 3 aliphatic rings. The topological polar surface area (TPSA) is 76.1 Å². The zero-order chi connectivity index (χ0) is 16.2. The smallest absolute Gasteiger partial charge is 0.355 e. The molecular formula is C15H23NO5. The maximum Gasteiger partial charge on any atom is 0.355 e. The number of piperidine rings is 1. The second-order valence-corrected chi connectivity index (χ2v) is 7.05. The molecule has 0 unspecified atom stereocenters. The molecule has 1 fully saturated rings. The lowest BCUT2D eigenvalue weighted by Crippen LogP contribution is -2.71. The number of ether oxygens (including phenoxy) is 2. The molecule has 6 heteroatoms. The average molecular weight is 297 g/mol. The van der Waals surface area contributed by atoms with E-state index in [4.69, 9.17) is 9.47 Å². The molecule has 0 atom stereocenters. The predicted molar refractivity (Wildman–Crippen MR) is 75.2 cm³/mol. The van der Waals surface area contributed by atoms with Gasteiger partial charge < -0.3 is 19.5 Å². The molecule has 1 N–H and O–H groups in total. The highest BCUT2D eigenvalue weighted by molar-refractivity contribution is 6.02. The van der Waals surface area contributed by atoms with Crippen molar-refractivity contribution in [1.29, 1.82) is 0 Å². The van der Waals surface area contributed by atoms with Crippen molar-refractivity contribution in [1.82, 2.24) is 4.90 Å². The number of carbonyl (C=O) groups is 2. The predicted octanol–water partition coefficient (Wildman–Crippen LogP) is 0.984. The first-order valence-electron chi connectivity index (χ1n) is 6.94. The van der Waals surface area contributed by atoms with Gasteiger partial charge in [-0.3, -0.25) is 0 Å². The molecule has 3 aliphatic heterocycles. The summed E-state index contributed by atoms with van der Waals surface area (Å²) in [5.41, 5.74) is -2.22. The highest BCUT2D eigenvalue weighted by Crippen LogP contribution is 2.54. The molecule has 6 nitrogen and oxygen atoms in total. The molecule has 0 aliphatic carbocycles. The number of carbonyl (C=O) groups excluding carboxylic acids is 2. The summed E-state index contributed by atoms with van der Waals surface area (Å²) >= 11 is 0. The van der Waals surface area contributed by atoms with Gasteiger partial charge >= 0.3 is 11.9 Å². The molecule has 0 spiro atoms. The van der Waals surface area contributed by atoms with Crippen LogP contribution < -0.4 is 0 Å². The van der Waals surface area contributed by atoms with Crippen LogP contribution in [0.2, 0.25) is 0 Å². The van der Waals surface area contributed by atoms with Crippen molar-refractivity contribution in [2.75, 3.05) is 14.2 Å². The number of rotatable bonds is 2. The highest BCUT2D eigenvalue weighted by atomic mass is 16.5. The highest BCUT2D eigenvalue weighted by Gasteiger charge is 2.62. The Bertz CT molecular complexity index is 514. The molecule has 0 radical (unpaired) electrons. The summed E-state index contributed by atoms with van der Waals surface area (Å²) in [6.45, 7) is 7.76. The third kappa shape index (κ3) is 2.12. The minimum atomic E-state index is -1.39. The van der Waals surface area contributed by atoms with Gasteiger partial charge in [-0.1, -0.05) is 0 Å². The van der Waals surface area contributed by atoms with Crippen LogP contribution in [0.15, 0.2) is 11.3 Å². The monoisotopic (exact) mass is 297 g/mol. The van der Waals surface area contributed by atoms with Crippen LogP contribution in [-0.4, -0.2) is 52.8 Å². The second-order valence-electron chi connectivity index (χ2n) is 7.05. The van der Waals surface area contributed by atoms with Gasteiger partial charge in [0.05, 0.1) is 19.8 Å². The van der Waals surface area contributed by atoms with Gasteiger partial charge in [0.15, 0.2) is 0 Å². The number of nitrogens with zero attached hydrogens (tertiary/aromatic N) is 1. The maximum atomic E-state index is 12.3. The van der Waals surface area contributed by atoms with E-state index >= 15 is 0 Å². The number of esters is 2. The molecule has 0 amide bonds. The molecule has 3 heterocycles. The van der Waals surface area contributed by atoms with E-state index in [1.54, 1.807) is 0 Å². The van der Waals surface area contributed by atoms with Crippen LogP contribution in [0, 0.1) is 0 Å². The summed E-state index contributed by atoms with van der Waals surface area (Å²) in [6.07, 6.45) is 0.711. The van der Waals surface area contributed by atoms with E-state index in [1.165, 1.54) is 14.2 Å². The van der Waals surface area contributed by atoms with Gasteiger partial charge in [-0.25, -0.2) is 9.59 Å². The molecule has 3 rings (SSSR count). The fourth-order valence-corrected chi connectivity index (χ4v) is 4.26. The van der Waals surface area contributed by atoms with Crippen molar-refractivity contribution in [3.63, 3.8) is 0 Å². The van der Waals surface area contributed by atoms with Crippen LogP contribution in [-0.2, 0) is 19.1 Å². The summed E-state index contributed by atoms with van der Waals surface area (Å²) in [4.78, 5) is 26.3. The van der Waals surface area contributed by atoms with Gasteiger partial charge in [-0.05, 0) is 27.7 Å². The summed E-state index contributed by atoms with van der Waals surface area (Å²) in [7, 11) is 2.50. The van der Waals surface area contributed by atoms with Crippen LogP contribution in [0.5, 0.6) is 0 Å². The Morgan fingerprint density at radius 2 is 1.43 bits per heavy atom. The standard InChI is InChI=1S/C15H23NO5/c1-13(2)7-15(19)8-14(3,4)16(13)10(12(18)21-6)9(15)11(17)20-5/h19H,7-8H2,1-6H3. The van der Waals surface area contributed by atoms with Crippen molar-refractivity contribution in [3.8, 4) is 0 Å². The second kappa shape index (κ2) is 4.47. The molecular weight excluding hydrogens is 274 g/mol. The van der Waals surface area contributed by atoms with Crippen molar-refractivity contribution in [2.24, 2.45) is 0 Å². The van der Waals surface area contributed by atoms with Crippen LogP contribution in [0.4, 0.5) is 0 Å².